The molecule has 1 aliphatic heterocycles. The van der Waals surface area contributed by atoms with Gasteiger partial charge in [-0.25, -0.2) is 0 Å². The summed E-state index contributed by atoms with van der Waals surface area (Å²) < 4.78 is 0. The largest absolute Gasteiger partial charge is 0.322 e. The molecule has 28 heavy (non-hydrogen) atoms. The number of para-hydroxylation sites is 1. The van der Waals surface area contributed by atoms with Crippen LogP contribution in [0.1, 0.15) is 63.9 Å². The lowest BCUT2D eigenvalue weighted by Crippen LogP contribution is -2.31. The van der Waals surface area contributed by atoms with Gasteiger partial charge < -0.3 is 10.6 Å². The standard InChI is InChI=1S/C24H34N2O2/c1-2-21(25)23(27)17-19(16-18-8-4-3-5-9-18)12-13-24(28)26-15-14-20-10-6-7-11-22(20)26/h6-7,10-13,18-19,21H,2-5,8-9,14-17,25H2,1H3/b13-12+/t19-,21+/m1/s1. The average molecular weight is 383 g/mol. The van der Waals surface area contributed by atoms with Gasteiger partial charge in [-0.05, 0) is 48.8 Å². The maximum atomic E-state index is 12.8. The second kappa shape index (κ2) is 10.0. The predicted octanol–water partition coefficient (Wildman–Crippen LogP) is 4.42. The molecule has 0 bridgehead atoms. The molecule has 2 atom stereocenters. The van der Waals surface area contributed by atoms with Crippen molar-refractivity contribution < 1.29 is 9.59 Å². The van der Waals surface area contributed by atoms with Crippen LogP contribution in [0.3, 0.4) is 0 Å². The van der Waals surface area contributed by atoms with Crippen molar-refractivity contribution in [2.45, 2.75) is 70.8 Å². The molecule has 1 aliphatic carbocycles. The number of fused-ring (bicyclic) bond motifs is 1. The van der Waals surface area contributed by atoms with Crippen LogP contribution < -0.4 is 10.6 Å². The van der Waals surface area contributed by atoms with Crippen LogP contribution in [0, 0.1) is 11.8 Å². The fraction of sp³-hybridized carbons (Fsp3) is 0.583. The van der Waals surface area contributed by atoms with E-state index in [1.165, 1.54) is 37.7 Å². The number of allylic oxidation sites excluding steroid dienone is 1. The van der Waals surface area contributed by atoms with Gasteiger partial charge in [0.1, 0.15) is 5.78 Å². The van der Waals surface area contributed by atoms with Crippen molar-refractivity contribution in [2.75, 3.05) is 11.4 Å². The van der Waals surface area contributed by atoms with Crippen LogP contribution in [0.4, 0.5) is 5.69 Å². The Labute approximate surface area is 169 Å². The molecule has 2 aliphatic rings. The minimum absolute atomic E-state index is 0.0193. The number of hydrogen-bond donors (Lipinski definition) is 1. The van der Waals surface area contributed by atoms with Crippen LogP contribution >= 0.6 is 0 Å². The lowest BCUT2D eigenvalue weighted by Gasteiger charge is -2.25. The van der Waals surface area contributed by atoms with Crippen molar-refractivity contribution in [3.05, 3.63) is 42.0 Å². The molecule has 152 valence electrons. The highest BCUT2D eigenvalue weighted by atomic mass is 16.2. The van der Waals surface area contributed by atoms with Crippen LogP contribution in [-0.2, 0) is 16.0 Å². The molecule has 4 heteroatoms. The Hall–Kier alpha value is -1.94. The summed E-state index contributed by atoms with van der Waals surface area (Å²) in [5.74, 6) is 0.907. The number of benzene rings is 1. The van der Waals surface area contributed by atoms with Crippen LogP contribution in [0.15, 0.2) is 36.4 Å². The summed E-state index contributed by atoms with van der Waals surface area (Å²) in [5, 5.41) is 0. The Balaban J connectivity index is 1.66. The fourth-order valence-electron chi connectivity index (χ4n) is 4.59. The number of nitrogens with zero attached hydrogens (tertiary/aromatic N) is 1. The number of anilines is 1. The van der Waals surface area contributed by atoms with Gasteiger partial charge in [0.15, 0.2) is 0 Å². The number of nitrogens with two attached hydrogens (primary N) is 1. The summed E-state index contributed by atoms with van der Waals surface area (Å²) in [4.78, 5) is 27.1. The van der Waals surface area contributed by atoms with Crippen molar-refractivity contribution in [1.82, 2.24) is 0 Å². The number of ketones is 1. The molecule has 0 aromatic heterocycles. The highest BCUT2D eigenvalue weighted by Gasteiger charge is 2.24. The van der Waals surface area contributed by atoms with Crippen molar-refractivity contribution in [2.24, 2.45) is 17.6 Å². The Morgan fingerprint density at radius 3 is 2.71 bits per heavy atom. The normalized spacial score (nSPS) is 19.6. The summed E-state index contributed by atoms with van der Waals surface area (Å²) in [6.45, 7) is 2.68. The molecule has 0 spiro atoms. The van der Waals surface area contributed by atoms with E-state index in [1.54, 1.807) is 6.08 Å². The van der Waals surface area contributed by atoms with Gasteiger partial charge in [0, 0.05) is 18.7 Å². The van der Waals surface area contributed by atoms with Gasteiger partial charge in [0.25, 0.3) is 5.91 Å². The van der Waals surface area contributed by atoms with E-state index in [0.29, 0.717) is 18.8 Å². The topological polar surface area (TPSA) is 63.4 Å². The quantitative estimate of drug-likeness (QED) is 0.677. The van der Waals surface area contributed by atoms with Crippen molar-refractivity contribution >= 4 is 17.4 Å². The first-order valence-electron chi connectivity index (χ1n) is 10.9. The van der Waals surface area contributed by atoms with Crippen molar-refractivity contribution in [3.63, 3.8) is 0 Å². The highest BCUT2D eigenvalue weighted by molar-refractivity contribution is 6.02. The van der Waals surface area contributed by atoms with E-state index >= 15 is 0 Å². The minimum atomic E-state index is -0.386. The first-order valence-corrected chi connectivity index (χ1v) is 10.9. The number of rotatable bonds is 8. The zero-order valence-corrected chi connectivity index (χ0v) is 17.1. The molecule has 1 amide bonds. The smallest absolute Gasteiger partial charge is 0.250 e. The Kier molecular flexibility index (Phi) is 7.43. The zero-order chi connectivity index (χ0) is 19.9. The molecule has 1 fully saturated rings. The third kappa shape index (κ3) is 5.32. The van der Waals surface area contributed by atoms with Crippen LogP contribution in [0.25, 0.3) is 0 Å². The lowest BCUT2D eigenvalue weighted by molar-refractivity contribution is -0.121. The number of hydrogen-bond acceptors (Lipinski definition) is 3. The Bertz CT molecular complexity index is 706. The summed E-state index contributed by atoms with van der Waals surface area (Å²) in [7, 11) is 0. The van der Waals surface area contributed by atoms with Gasteiger partial charge in [0.2, 0.25) is 0 Å². The summed E-state index contributed by atoms with van der Waals surface area (Å²) in [6, 6.07) is 7.71. The zero-order valence-electron chi connectivity index (χ0n) is 17.1. The molecule has 2 N–H and O–H groups in total. The summed E-state index contributed by atoms with van der Waals surface area (Å²) in [6.07, 6.45) is 13.1. The Morgan fingerprint density at radius 1 is 1.21 bits per heavy atom. The number of carbonyl (C=O) groups is 2. The lowest BCUT2D eigenvalue weighted by atomic mass is 9.80. The van der Waals surface area contributed by atoms with Gasteiger partial charge in [0.05, 0.1) is 6.04 Å². The molecule has 1 heterocycles. The summed E-state index contributed by atoms with van der Waals surface area (Å²) >= 11 is 0. The first kappa shape index (κ1) is 20.8. The van der Waals surface area contributed by atoms with E-state index in [-0.39, 0.29) is 23.7 Å². The molecule has 1 aromatic rings. The van der Waals surface area contributed by atoms with Crippen LogP contribution in [0.2, 0.25) is 0 Å². The molecule has 1 saturated carbocycles. The monoisotopic (exact) mass is 382 g/mol. The Morgan fingerprint density at radius 2 is 1.96 bits per heavy atom. The molecule has 0 radical (unpaired) electrons. The van der Waals surface area contributed by atoms with E-state index in [2.05, 4.69) is 6.07 Å². The molecular weight excluding hydrogens is 348 g/mol. The number of carbonyl (C=O) groups excluding carboxylic acids is 2. The second-order valence-electron chi connectivity index (χ2n) is 8.41. The van der Waals surface area contributed by atoms with Crippen molar-refractivity contribution in [3.8, 4) is 0 Å². The average Bonchev–Trinajstić information content (AvgIpc) is 3.16. The van der Waals surface area contributed by atoms with E-state index < -0.39 is 0 Å². The molecule has 0 saturated heterocycles. The molecular formula is C24H34N2O2. The molecule has 0 unspecified atom stereocenters. The van der Waals surface area contributed by atoms with Crippen LogP contribution in [-0.4, -0.2) is 24.3 Å². The van der Waals surface area contributed by atoms with Gasteiger partial charge in [-0.3, -0.25) is 9.59 Å². The van der Waals surface area contributed by atoms with E-state index in [4.69, 9.17) is 5.73 Å². The van der Waals surface area contributed by atoms with Gasteiger partial charge >= 0.3 is 0 Å². The molecule has 3 rings (SSSR count). The van der Waals surface area contributed by atoms with Gasteiger partial charge in [-0.2, -0.15) is 0 Å². The van der Waals surface area contributed by atoms with Crippen LogP contribution in [0.5, 0.6) is 0 Å². The first-order chi connectivity index (χ1) is 13.6. The van der Waals surface area contributed by atoms with E-state index in [1.807, 2.05) is 36.1 Å². The fourth-order valence-corrected chi connectivity index (χ4v) is 4.59. The maximum Gasteiger partial charge on any atom is 0.250 e. The third-order valence-corrected chi connectivity index (χ3v) is 6.34. The third-order valence-electron chi connectivity index (χ3n) is 6.34. The minimum Gasteiger partial charge on any atom is -0.322 e. The number of Topliss-reactive ketones (excluding diaryl/α,β-unsaturated/α-hetero) is 1. The molecule has 4 nitrogen and oxygen atoms in total. The SMILES string of the molecule is CC[C@H](N)C(=O)C[C@H](/C=C/C(=O)N1CCc2ccccc21)CC1CCCCC1. The predicted molar refractivity (Wildman–Crippen MR) is 114 cm³/mol. The number of amides is 1. The van der Waals surface area contributed by atoms with Gasteiger partial charge in [-0.15, -0.1) is 0 Å². The summed E-state index contributed by atoms with van der Waals surface area (Å²) in [5.41, 5.74) is 8.21. The van der Waals surface area contributed by atoms with E-state index in [0.717, 1.165) is 25.1 Å². The van der Waals surface area contributed by atoms with E-state index in [9.17, 15) is 9.59 Å². The molecule has 1 aromatic carbocycles. The maximum absolute atomic E-state index is 12.8. The van der Waals surface area contributed by atoms with Gasteiger partial charge in [-0.1, -0.05) is 63.3 Å². The highest BCUT2D eigenvalue weighted by Crippen LogP contribution is 2.31. The van der Waals surface area contributed by atoms with Crippen molar-refractivity contribution in [1.29, 1.82) is 0 Å². The second-order valence-corrected chi connectivity index (χ2v) is 8.41.